The molecule has 0 heterocycles. The summed E-state index contributed by atoms with van der Waals surface area (Å²) in [5, 5.41) is 4.29. The Balaban J connectivity index is 2.30. The molecule has 0 aromatic heterocycles. The molecule has 0 spiro atoms. The van der Waals surface area contributed by atoms with Gasteiger partial charge in [-0.3, -0.25) is 0 Å². The third-order valence-electron chi connectivity index (χ3n) is 3.16. The van der Waals surface area contributed by atoms with E-state index in [1.54, 1.807) is 6.08 Å². The number of nitrogens with zero attached hydrogens (tertiary/aromatic N) is 2. The van der Waals surface area contributed by atoms with Crippen LogP contribution in [-0.2, 0) is 0 Å². The minimum absolute atomic E-state index is 0.870. The van der Waals surface area contributed by atoms with Crippen LogP contribution in [0.25, 0.3) is 0 Å². The number of rotatable bonds is 5. The fourth-order valence-electron chi connectivity index (χ4n) is 2.07. The molecule has 80 valence electrons. The molecular weight excluding hydrogens is 172 g/mol. The summed E-state index contributed by atoms with van der Waals surface area (Å²) in [6, 6.07) is 0. The molecule has 0 saturated heterocycles. The molecular formula is C12H22N2. The monoisotopic (exact) mass is 194 g/mol. The van der Waals surface area contributed by atoms with Crippen molar-refractivity contribution in [1.82, 2.24) is 10.0 Å². The SMILES string of the molecule is C=CC(=C)N(C)N(C)CC1CC(C)C1. The highest BCUT2D eigenvalue weighted by atomic mass is 15.6. The normalized spacial score (nSPS) is 25.7. The van der Waals surface area contributed by atoms with Gasteiger partial charge in [-0.1, -0.05) is 20.1 Å². The maximum absolute atomic E-state index is 3.93. The minimum Gasteiger partial charge on any atom is -0.310 e. The van der Waals surface area contributed by atoms with E-state index in [4.69, 9.17) is 0 Å². The number of hydrogen-bond donors (Lipinski definition) is 0. The summed E-state index contributed by atoms with van der Waals surface area (Å²) >= 11 is 0. The Morgan fingerprint density at radius 3 is 2.43 bits per heavy atom. The van der Waals surface area contributed by atoms with Crippen molar-refractivity contribution in [3.8, 4) is 0 Å². The third-order valence-corrected chi connectivity index (χ3v) is 3.16. The van der Waals surface area contributed by atoms with Gasteiger partial charge in [0.2, 0.25) is 0 Å². The molecule has 1 aliphatic rings. The average Bonchev–Trinajstić information content (AvgIpc) is 2.12. The van der Waals surface area contributed by atoms with Crippen molar-refractivity contribution in [3.05, 3.63) is 24.9 Å². The van der Waals surface area contributed by atoms with E-state index in [0.29, 0.717) is 0 Å². The van der Waals surface area contributed by atoms with Crippen LogP contribution in [0.2, 0.25) is 0 Å². The van der Waals surface area contributed by atoms with Crippen molar-refractivity contribution in [2.75, 3.05) is 20.6 Å². The molecule has 0 aromatic carbocycles. The molecule has 1 fully saturated rings. The first-order valence-electron chi connectivity index (χ1n) is 5.30. The number of allylic oxidation sites excluding steroid dienone is 1. The van der Waals surface area contributed by atoms with Gasteiger partial charge in [0.15, 0.2) is 0 Å². The summed E-state index contributed by atoms with van der Waals surface area (Å²) in [5.41, 5.74) is 0.958. The molecule has 0 amide bonds. The van der Waals surface area contributed by atoms with E-state index in [0.717, 1.165) is 24.1 Å². The van der Waals surface area contributed by atoms with Gasteiger partial charge in [-0.25, -0.2) is 5.01 Å². The van der Waals surface area contributed by atoms with Crippen molar-refractivity contribution >= 4 is 0 Å². The van der Waals surface area contributed by atoms with Gasteiger partial charge in [0.1, 0.15) is 0 Å². The molecule has 0 radical (unpaired) electrons. The lowest BCUT2D eigenvalue weighted by Crippen LogP contribution is -2.41. The minimum atomic E-state index is 0.870. The van der Waals surface area contributed by atoms with Crippen molar-refractivity contribution in [1.29, 1.82) is 0 Å². The predicted molar refractivity (Wildman–Crippen MR) is 61.6 cm³/mol. The summed E-state index contributed by atoms with van der Waals surface area (Å²) in [4.78, 5) is 0. The quantitative estimate of drug-likeness (QED) is 0.490. The Kier molecular flexibility index (Phi) is 3.76. The van der Waals surface area contributed by atoms with E-state index in [1.165, 1.54) is 12.8 Å². The van der Waals surface area contributed by atoms with Gasteiger partial charge in [-0.2, -0.15) is 0 Å². The molecule has 0 bridgehead atoms. The van der Waals surface area contributed by atoms with Crippen LogP contribution in [0.15, 0.2) is 24.9 Å². The molecule has 14 heavy (non-hydrogen) atoms. The summed E-state index contributed by atoms with van der Waals surface area (Å²) in [5.74, 6) is 1.80. The van der Waals surface area contributed by atoms with Gasteiger partial charge in [-0.05, 0) is 30.8 Å². The highest BCUT2D eigenvalue weighted by Gasteiger charge is 2.26. The topological polar surface area (TPSA) is 6.48 Å². The van der Waals surface area contributed by atoms with E-state index in [1.807, 2.05) is 7.05 Å². The van der Waals surface area contributed by atoms with E-state index < -0.39 is 0 Å². The van der Waals surface area contributed by atoms with Crippen molar-refractivity contribution < 1.29 is 0 Å². The largest absolute Gasteiger partial charge is 0.310 e. The van der Waals surface area contributed by atoms with Crippen LogP contribution < -0.4 is 0 Å². The maximum Gasteiger partial charge on any atom is 0.0441 e. The first-order chi connectivity index (χ1) is 6.54. The zero-order valence-electron chi connectivity index (χ0n) is 9.66. The molecule has 1 rings (SSSR count). The van der Waals surface area contributed by atoms with Gasteiger partial charge >= 0.3 is 0 Å². The number of hydrogen-bond acceptors (Lipinski definition) is 2. The van der Waals surface area contributed by atoms with Gasteiger partial charge < -0.3 is 5.01 Å². The Labute approximate surface area is 87.9 Å². The Morgan fingerprint density at radius 1 is 1.43 bits per heavy atom. The second kappa shape index (κ2) is 4.65. The Morgan fingerprint density at radius 2 is 2.00 bits per heavy atom. The fraction of sp³-hybridized carbons (Fsp3) is 0.667. The first kappa shape index (κ1) is 11.3. The lowest BCUT2D eigenvalue weighted by molar-refractivity contribution is 0.0238. The lowest BCUT2D eigenvalue weighted by atomic mass is 9.76. The predicted octanol–water partition coefficient (Wildman–Crippen LogP) is 2.51. The Hall–Kier alpha value is -0.760. The number of likely N-dealkylation sites (N-methyl/N-ethyl adjacent to an activating group) is 1. The second-order valence-electron chi connectivity index (χ2n) is 4.50. The van der Waals surface area contributed by atoms with E-state index in [-0.39, 0.29) is 0 Å². The summed E-state index contributed by atoms with van der Waals surface area (Å²) in [6.45, 7) is 11.1. The highest BCUT2D eigenvalue weighted by molar-refractivity contribution is 5.07. The highest BCUT2D eigenvalue weighted by Crippen LogP contribution is 2.33. The van der Waals surface area contributed by atoms with Crippen LogP contribution in [0.4, 0.5) is 0 Å². The Bertz CT molecular complexity index is 216. The molecule has 2 heteroatoms. The zero-order chi connectivity index (χ0) is 10.7. The van der Waals surface area contributed by atoms with Crippen molar-refractivity contribution in [2.45, 2.75) is 19.8 Å². The van der Waals surface area contributed by atoms with Gasteiger partial charge in [0.25, 0.3) is 0 Å². The van der Waals surface area contributed by atoms with Crippen LogP contribution >= 0.6 is 0 Å². The lowest BCUT2D eigenvalue weighted by Gasteiger charge is -2.39. The summed E-state index contributed by atoms with van der Waals surface area (Å²) in [6.07, 6.45) is 4.54. The van der Waals surface area contributed by atoms with Crippen LogP contribution in [0.5, 0.6) is 0 Å². The van der Waals surface area contributed by atoms with E-state index >= 15 is 0 Å². The van der Waals surface area contributed by atoms with Gasteiger partial charge in [-0.15, -0.1) is 0 Å². The van der Waals surface area contributed by atoms with Gasteiger partial charge in [0.05, 0.1) is 0 Å². The second-order valence-corrected chi connectivity index (χ2v) is 4.50. The summed E-state index contributed by atoms with van der Waals surface area (Å²) in [7, 11) is 4.14. The molecule has 1 aliphatic carbocycles. The zero-order valence-corrected chi connectivity index (χ0v) is 9.66. The van der Waals surface area contributed by atoms with Crippen LogP contribution in [-0.4, -0.2) is 30.7 Å². The smallest absolute Gasteiger partial charge is 0.0441 e. The molecule has 1 saturated carbocycles. The van der Waals surface area contributed by atoms with Gasteiger partial charge in [0, 0.05) is 26.3 Å². The average molecular weight is 194 g/mol. The number of hydrazine groups is 1. The van der Waals surface area contributed by atoms with Crippen molar-refractivity contribution in [2.24, 2.45) is 11.8 Å². The summed E-state index contributed by atoms with van der Waals surface area (Å²) < 4.78 is 0. The molecule has 0 unspecified atom stereocenters. The van der Waals surface area contributed by atoms with E-state index in [2.05, 4.69) is 37.1 Å². The van der Waals surface area contributed by atoms with Crippen molar-refractivity contribution in [3.63, 3.8) is 0 Å². The first-order valence-corrected chi connectivity index (χ1v) is 5.30. The van der Waals surface area contributed by atoms with E-state index in [9.17, 15) is 0 Å². The molecule has 0 aliphatic heterocycles. The fourth-order valence-corrected chi connectivity index (χ4v) is 2.07. The molecule has 0 N–H and O–H groups in total. The molecule has 0 atom stereocenters. The standard InChI is InChI=1S/C12H22N2/c1-6-11(3)14(5)13(4)9-12-7-10(2)8-12/h6,10,12H,1,3,7-9H2,2,4-5H3. The van der Waals surface area contributed by atoms with Crippen LogP contribution in [0.1, 0.15) is 19.8 Å². The maximum atomic E-state index is 3.93. The van der Waals surface area contributed by atoms with Crippen LogP contribution in [0, 0.1) is 11.8 Å². The third kappa shape index (κ3) is 2.61. The van der Waals surface area contributed by atoms with Crippen LogP contribution in [0.3, 0.4) is 0 Å². The molecule has 2 nitrogen and oxygen atoms in total. The molecule has 0 aromatic rings.